The molecule has 1 aliphatic rings. The van der Waals surface area contributed by atoms with Gasteiger partial charge in [0.05, 0.1) is 18.8 Å². The van der Waals surface area contributed by atoms with Crippen LogP contribution in [0.15, 0.2) is 0 Å². The number of nitrogens with zero attached hydrogens (tertiary/aromatic N) is 5. The van der Waals surface area contributed by atoms with E-state index in [0.717, 1.165) is 44.8 Å². The highest BCUT2D eigenvalue weighted by molar-refractivity contribution is 4.84. The van der Waals surface area contributed by atoms with Crippen LogP contribution in [-0.4, -0.2) is 50.4 Å². The third kappa shape index (κ3) is 3.49. The van der Waals surface area contributed by atoms with Crippen LogP contribution in [0.4, 0.5) is 0 Å². The van der Waals surface area contributed by atoms with E-state index >= 15 is 0 Å². The van der Waals surface area contributed by atoms with E-state index in [1.807, 2.05) is 4.68 Å². The van der Waals surface area contributed by atoms with Gasteiger partial charge in [0.1, 0.15) is 0 Å². The van der Waals surface area contributed by atoms with Gasteiger partial charge in [0.25, 0.3) is 0 Å². The van der Waals surface area contributed by atoms with Crippen LogP contribution in [0.5, 0.6) is 0 Å². The Labute approximate surface area is 108 Å². The molecule has 0 amide bonds. The van der Waals surface area contributed by atoms with Crippen LogP contribution in [0.1, 0.15) is 39.4 Å². The number of hydrogen-bond acceptors (Lipinski definition) is 5. The summed E-state index contributed by atoms with van der Waals surface area (Å²) in [7, 11) is 0. The molecule has 1 aliphatic heterocycles. The Morgan fingerprint density at radius 2 is 2.00 bits per heavy atom. The maximum Gasteiger partial charge on any atom is 0.165 e. The molecular formula is C12H23N5O. The third-order valence-electron chi connectivity index (χ3n) is 3.19. The molecule has 0 N–H and O–H groups in total. The van der Waals surface area contributed by atoms with E-state index in [1.54, 1.807) is 0 Å². The van der Waals surface area contributed by atoms with Gasteiger partial charge in [-0.2, -0.15) is 0 Å². The fourth-order valence-electron chi connectivity index (χ4n) is 2.43. The van der Waals surface area contributed by atoms with Crippen molar-refractivity contribution in [2.45, 2.75) is 58.9 Å². The highest BCUT2D eigenvalue weighted by Crippen LogP contribution is 2.13. The summed E-state index contributed by atoms with van der Waals surface area (Å²) in [6.07, 6.45) is 2.85. The zero-order chi connectivity index (χ0) is 13.0. The van der Waals surface area contributed by atoms with Crippen LogP contribution < -0.4 is 0 Å². The maximum atomic E-state index is 5.73. The summed E-state index contributed by atoms with van der Waals surface area (Å²) in [5.41, 5.74) is 0. The number of hydrogen-bond donors (Lipinski definition) is 0. The number of rotatable bonds is 5. The summed E-state index contributed by atoms with van der Waals surface area (Å²) in [6.45, 7) is 10.0. The van der Waals surface area contributed by atoms with Gasteiger partial charge in [-0.15, -0.1) is 5.10 Å². The zero-order valence-corrected chi connectivity index (χ0v) is 11.5. The predicted octanol–water partition coefficient (Wildman–Crippen LogP) is 1.08. The van der Waals surface area contributed by atoms with Crippen LogP contribution in [0, 0.1) is 0 Å². The SMILES string of the molecule is CCCCn1nnnc1CN1C[C@@H](C)O[C@@H](C)C1. The molecule has 1 saturated heterocycles. The first-order valence-electron chi connectivity index (χ1n) is 6.82. The zero-order valence-electron chi connectivity index (χ0n) is 11.5. The molecule has 0 bridgehead atoms. The van der Waals surface area contributed by atoms with E-state index in [-0.39, 0.29) is 12.2 Å². The molecule has 6 heteroatoms. The van der Waals surface area contributed by atoms with Crippen molar-refractivity contribution in [2.75, 3.05) is 13.1 Å². The quantitative estimate of drug-likeness (QED) is 0.786. The fraction of sp³-hybridized carbons (Fsp3) is 0.917. The van der Waals surface area contributed by atoms with Gasteiger partial charge in [-0.05, 0) is 30.7 Å². The van der Waals surface area contributed by atoms with Gasteiger partial charge in [-0.25, -0.2) is 4.68 Å². The first kappa shape index (κ1) is 13.4. The van der Waals surface area contributed by atoms with E-state index in [0.29, 0.717) is 0 Å². The molecule has 0 saturated carbocycles. The van der Waals surface area contributed by atoms with Crippen LogP contribution in [0.25, 0.3) is 0 Å². The first-order chi connectivity index (χ1) is 8.69. The van der Waals surface area contributed by atoms with E-state index in [1.165, 1.54) is 0 Å². The summed E-state index contributed by atoms with van der Waals surface area (Å²) in [4.78, 5) is 2.37. The van der Waals surface area contributed by atoms with Crippen molar-refractivity contribution in [2.24, 2.45) is 0 Å². The van der Waals surface area contributed by atoms with E-state index in [9.17, 15) is 0 Å². The number of aryl methyl sites for hydroxylation is 1. The molecule has 2 atom stereocenters. The molecule has 18 heavy (non-hydrogen) atoms. The second-order valence-electron chi connectivity index (χ2n) is 5.12. The third-order valence-corrected chi connectivity index (χ3v) is 3.19. The molecule has 2 heterocycles. The topological polar surface area (TPSA) is 56.1 Å². The molecule has 0 spiro atoms. The summed E-state index contributed by atoms with van der Waals surface area (Å²) >= 11 is 0. The van der Waals surface area contributed by atoms with Crippen molar-refractivity contribution in [1.29, 1.82) is 0 Å². The number of morpholine rings is 1. The Bertz CT molecular complexity index is 357. The number of unbranched alkanes of at least 4 members (excludes halogenated alkanes) is 1. The maximum absolute atomic E-state index is 5.73. The average Bonchev–Trinajstić information content (AvgIpc) is 2.72. The van der Waals surface area contributed by atoms with Gasteiger partial charge >= 0.3 is 0 Å². The second kappa shape index (κ2) is 6.24. The second-order valence-corrected chi connectivity index (χ2v) is 5.12. The van der Waals surface area contributed by atoms with Gasteiger partial charge in [-0.3, -0.25) is 4.90 Å². The van der Waals surface area contributed by atoms with Gasteiger partial charge in [0.15, 0.2) is 5.82 Å². The van der Waals surface area contributed by atoms with Crippen LogP contribution >= 0.6 is 0 Å². The molecule has 2 rings (SSSR count). The monoisotopic (exact) mass is 253 g/mol. The summed E-state index contributed by atoms with van der Waals surface area (Å²) in [6, 6.07) is 0. The highest BCUT2D eigenvalue weighted by atomic mass is 16.5. The van der Waals surface area contributed by atoms with Crippen molar-refractivity contribution in [1.82, 2.24) is 25.1 Å². The lowest BCUT2D eigenvalue weighted by molar-refractivity contribution is -0.0713. The highest BCUT2D eigenvalue weighted by Gasteiger charge is 2.23. The normalized spacial score (nSPS) is 25.5. The van der Waals surface area contributed by atoms with Crippen LogP contribution in [0.2, 0.25) is 0 Å². The van der Waals surface area contributed by atoms with Crippen molar-refractivity contribution in [3.63, 3.8) is 0 Å². The van der Waals surface area contributed by atoms with E-state index < -0.39 is 0 Å². The Kier molecular flexibility index (Phi) is 4.66. The fourth-order valence-corrected chi connectivity index (χ4v) is 2.43. The smallest absolute Gasteiger partial charge is 0.165 e. The minimum absolute atomic E-state index is 0.286. The van der Waals surface area contributed by atoms with Gasteiger partial charge in [-0.1, -0.05) is 13.3 Å². The minimum atomic E-state index is 0.286. The molecule has 6 nitrogen and oxygen atoms in total. The lowest BCUT2D eigenvalue weighted by atomic mass is 10.2. The predicted molar refractivity (Wildman–Crippen MR) is 68.0 cm³/mol. The lowest BCUT2D eigenvalue weighted by Crippen LogP contribution is -2.45. The summed E-state index contributed by atoms with van der Waals surface area (Å²) in [5.74, 6) is 0.963. The van der Waals surface area contributed by atoms with E-state index in [2.05, 4.69) is 41.2 Å². The molecule has 0 radical (unpaired) electrons. The molecule has 1 fully saturated rings. The van der Waals surface area contributed by atoms with Crippen LogP contribution in [-0.2, 0) is 17.8 Å². The Hall–Kier alpha value is -1.01. The number of tetrazole rings is 1. The van der Waals surface area contributed by atoms with Crippen molar-refractivity contribution in [3.8, 4) is 0 Å². The molecule has 0 unspecified atom stereocenters. The van der Waals surface area contributed by atoms with Gasteiger partial charge < -0.3 is 4.74 Å². The average molecular weight is 253 g/mol. The largest absolute Gasteiger partial charge is 0.373 e. The molecule has 1 aromatic rings. The Balaban J connectivity index is 1.94. The number of ether oxygens (including phenoxy) is 1. The molecule has 1 aromatic heterocycles. The summed E-state index contributed by atoms with van der Waals surface area (Å²) < 4.78 is 7.66. The molecule has 0 aromatic carbocycles. The first-order valence-corrected chi connectivity index (χ1v) is 6.82. The number of aromatic nitrogens is 4. The molecule has 102 valence electrons. The van der Waals surface area contributed by atoms with Crippen LogP contribution in [0.3, 0.4) is 0 Å². The molecule has 0 aliphatic carbocycles. The van der Waals surface area contributed by atoms with Crippen molar-refractivity contribution < 1.29 is 4.74 Å². The summed E-state index contributed by atoms with van der Waals surface area (Å²) in [5, 5.41) is 12.0. The molecular weight excluding hydrogens is 230 g/mol. The lowest BCUT2D eigenvalue weighted by Gasteiger charge is -2.34. The Morgan fingerprint density at radius 1 is 1.28 bits per heavy atom. The van der Waals surface area contributed by atoms with Gasteiger partial charge in [0.2, 0.25) is 0 Å². The Morgan fingerprint density at radius 3 is 2.67 bits per heavy atom. The minimum Gasteiger partial charge on any atom is -0.373 e. The van der Waals surface area contributed by atoms with E-state index in [4.69, 9.17) is 4.74 Å². The van der Waals surface area contributed by atoms with Gasteiger partial charge in [0, 0.05) is 19.6 Å². The standard InChI is InChI=1S/C12H23N5O/c1-4-5-6-17-12(13-14-15-17)9-16-7-10(2)18-11(3)8-16/h10-11H,4-9H2,1-3H3/t10-,11+. The van der Waals surface area contributed by atoms with Crippen molar-refractivity contribution in [3.05, 3.63) is 5.82 Å². The van der Waals surface area contributed by atoms with Crippen molar-refractivity contribution >= 4 is 0 Å².